The number of para-hydroxylation sites is 2. The molecule has 0 aliphatic heterocycles. The van der Waals surface area contributed by atoms with E-state index >= 15 is 0 Å². The highest BCUT2D eigenvalue weighted by atomic mass is 16.2. The molecule has 0 saturated carbocycles. The minimum atomic E-state index is -0.161. The zero-order chi connectivity index (χ0) is 25.4. The summed E-state index contributed by atoms with van der Waals surface area (Å²) in [6.07, 6.45) is 0.749. The molecular weight excluding hydrogens is 432 g/mol. The van der Waals surface area contributed by atoms with Crippen molar-refractivity contribution in [2.24, 2.45) is 0 Å². The SMILES string of the molecule is CC(C)c1cccc(C(C)C)c1NC(=O)NCCc1ccccc1NCc1ccc(N(C)C)cc1. The van der Waals surface area contributed by atoms with E-state index in [0.717, 1.165) is 24.3 Å². The monoisotopic (exact) mass is 472 g/mol. The number of amides is 2. The molecule has 0 saturated heterocycles. The van der Waals surface area contributed by atoms with Crippen LogP contribution in [0.3, 0.4) is 0 Å². The maximum atomic E-state index is 12.8. The second kappa shape index (κ2) is 12.3. The molecule has 0 aliphatic carbocycles. The van der Waals surface area contributed by atoms with E-state index in [4.69, 9.17) is 0 Å². The molecular formula is C30H40N4O. The summed E-state index contributed by atoms with van der Waals surface area (Å²) in [5, 5.41) is 9.73. The van der Waals surface area contributed by atoms with Crippen LogP contribution in [-0.2, 0) is 13.0 Å². The van der Waals surface area contributed by atoms with Crippen molar-refractivity contribution < 1.29 is 4.79 Å². The first-order valence-corrected chi connectivity index (χ1v) is 12.5. The largest absolute Gasteiger partial charge is 0.381 e. The zero-order valence-electron chi connectivity index (χ0n) is 22.0. The number of carbonyl (C=O) groups excluding carboxylic acids is 1. The van der Waals surface area contributed by atoms with Crippen LogP contribution in [-0.4, -0.2) is 26.7 Å². The average Bonchev–Trinajstić information content (AvgIpc) is 2.83. The van der Waals surface area contributed by atoms with Gasteiger partial charge in [0.05, 0.1) is 0 Å². The Balaban J connectivity index is 1.58. The fourth-order valence-electron chi connectivity index (χ4n) is 4.18. The average molecular weight is 473 g/mol. The number of anilines is 3. The maximum Gasteiger partial charge on any atom is 0.319 e. The fourth-order valence-corrected chi connectivity index (χ4v) is 4.18. The lowest BCUT2D eigenvalue weighted by Crippen LogP contribution is -2.31. The molecule has 2 amide bonds. The van der Waals surface area contributed by atoms with E-state index in [0.29, 0.717) is 18.4 Å². The molecule has 0 aromatic heterocycles. The van der Waals surface area contributed by atoms with Crippen molar-refractivity contribution >= 4 is 23.1 Å². The summed E-state index contributed by atoms with van der Waals surface area (Å²) in [6.45, 7) is 9.93. The first-order chi connectivity index (χ1) is 16.8. The summed E-state index contributed by atoms with van der Waals surface area (Å²) < 4.78 is 0. The molecule has 0 radical (unpaired) electrons. The van der Waals surface area contributed by atoms with E-state index < -0.39 is 0 Å². The Morgan fingerprint density at radius 1 is 0.829 bits per heavy atom. The quantitative estimate of drug-likeness (QED) is 0.298. The zero-order valence-corrected chi connectivity index (χ0v) is 22.0. The van der Waals surface area contributed by atoms with Crippen LogP contribution in [0.4, 0.5) is 21.9 Å². The first-order valence-electron chi connectivity index (χ1n) is 12.5. The van der Waals surface area contributed by atoms with Gasteiger partial charge in [-0.15, -0.1) is 0 Å². The van der Waals surface area contributed by atoms with E-state index in [1.165, 1.54) is 27.9 Å². The summed E-state index contributed by atoms with van der Waals surface area (Å²) >= 11 is 0. The van der Waals surface area contributed by atoms with Crippen molar-refractivity contribution in [2.45, 2.75) is 52.5 Å². The second-order valence-electron chi connectivity index (χ2n) is 9.82. The summed E-state index contributed by atoms with van der Waals surface area (Å²) in [7, 11) is 4.09. The fraction of sp³-hybridized carbons (Fsp3) is 0.367. The van der Waals surface area contributed by atoms with Gasteiger partial charge in [-0.2, -0.15) is 0 Å². The van der Waals surface area contributed by atoms with Crippen molar-refractivity contribution in [1.29, 1.82) is 0 Å². The Kier molecular flexibility index (Phi) is 9.18. The number of urea groups is 1. The Labute approximate surface area is 210 Å². The normalized spacial score (nSPS) is 11.0. The van der Waals surface area contributed by atoms with Crippen molar-refractivity contribution in [3.05, 3.63) is 89.0 Å². The molecule has 3 aromatic rings. The van der Waals surface area contributed by atoms with Crippen molar-refractivity contribution in [2.75, 3.05) is 36.2 Å². The van der Waals surface area contributed by atoms with Gasteiger partial charge in [-0.05, 0) is 58.7 Å². The Hall–Kier alpha value is -3.47. The van der Waals surface area contributed by atoms with Gasteiger partial charge in [-0.1, -0.05) is 76.2 Å². The van der Waals surface area contributed by atoms with Gasteiger partial charge in [0, 0.05) is 44.2 Å². The molecule has 0 bridgehead atoms. The molecule has 186 valence electrons. The van der Waals surface area contributed by atoms with Gasteiger partial charge in [0.25, 0.3) is 0 Å². The lowest BCUT2D eigenvalue weighted by atomic mass is 9.93. The lowest BCUT2D eigenvalue weighted by molar-refractivity contribution is 0.252. The summed E-state index contributed by atoms with van der Waals surface area (Å²) in [6, 6.07) is 23.0. The number of rotatable bonds is 10. The second-order valence-corrected chi connectivity index (χ2v) is 9.82. The van der Waals surface area contributed by atoms with Crippen LogP contribution < -0.4 is 20.9 Å². The van der Waals surface area contributed by atoms with Gasteiger partial charge in [0.15, 0.2) is 0 Å². The van der Waals surface area contributed by atoms with Gasteiger partial charge in [-0.25, -0.2) is 4.79 Å². The van der Waals surface area contributed by atoms with Crippen LogP contribution in [0, 0.1) is 0 Å². The third kappa shape index (κ3) is 7.25. The Morgan fingerprint density at radius 2 is 1.46 bits per heavy atom. The van der Waals surface area contributed by atoms with Crippen LogP contribution in [0.2, 0.25) is 0 Å². The highest BCUT2D eigenvalue weighted by Gasteiger charge is 2.15. The van der Waals surface area contributed by atoms with Crippen molar-refractivity contribution in [1.82, 2.24) is 5.32 Å². The predicted molar refractivity (Wildman–Crippen MR) is 150 cm³/mol. The lowest BCUT2D eigenvalue weighted by Gasteiger charge is -2.20. The third-order valence-electron chi connectivity index (χ3n) is 6.24. The predicted octanol–water partition coefficient (Wildman–Crippen LogP) is 6.98. The minimum Gasteiger partial charge on any atom is -0.381 e. The standard InChI is InChI=1S/C30H40N4O/c1-21(2)26-11-9-12-27(22(3)4)29(26)33-30(35)31-19-18-24-10-7-8-13-28(24)32-20-23-14-16-25(17-15-23)34(5)6/h7-17,21-22,32H,18-20H2,1-6H3,(H2,31,33,35). The van der Waals surface area contributed by atoms with Crippen LogP contribution in [0.25, 0.3) is 0 Å². The van der Waals surface area contributed by atoms with Crippen LogP contribution >= 0.6 is 0 Å². The third-order valence-corrected chi connectivity index (χ3v) is 6.24. The van der Waals surface area contributed by atoms with Crippen molar-refractivity contribution in [3.8, 4) is 0 Å². The molecule has 5 nitrogen and oxygen atoms in total. The van der Waals surface area contributed by atoms with E-state index in [2.05, 4.69) is 103 Å². The molecule has 3 aromatic carbocycles. The number of hydrogen-bond donors (Lipinski definition) is 3. The molecule has 0 aliphatic rings. The van der Waals surface area contributed by atoms with Crippen LogP contribution in [0.15, 0.2) is 66.7 Å². The van der Waals surface area contributed by atoms with Gasteiger partial charge in [0.1, 0.15) is 0 Å². The Morgan fingerprint density at radius 3 is 2.06 bits per heavy atom. The molecule has 3 N–H and O–H groups in total. The Bertz CT molecular complexity index is 1080. The molecule has 0 unspecified atom stereocenters. The molecule has 3 rings (SSSR count). The van der Waals surface area contributed by atoms with E-state index in [-0.39, 0.29) is 6.03 Å². The van der Waals surface area contributed by atoms with Crippen LogP contribution in [0.1, 0.15) is 61.8 Å². The molecule has 0 atom stereocenters. The van der Waals surface area contributed by atoms with E-state index in [9.17, 15) is 4.79 Å². The van der Waals surface area contributed by atoms with E-state index in [1.807, 2.05) is 26.2 Å². The molecule has 5 heteroatoms. The van der Waals surface area contributed by atoms with Crippen LogP contribution in [0.5, 0.6) is 0 Å². The number of carbonyl (C=O) groups is 1. The molecule has 0 heterocycles. The van der Waals surface area contributed by atoms with Crippen molar-refractivity contribution in [3.63, 3.8) is 0 Å². The van der Waals surface area contributed by atoms with Gasteiger partial charge in [-0.3, -0.25) is 0 Å². The first kappa shape index (κ1) is 26.1. The summed E-state index contributed by atoms with van der Waals surface area (Å²) in [5.41, 5.74) is 7.97. The summed E-state index contributed by atoms with van der Waals surface area (Å²) in [4.78, 5) is 14.9. The van der Waals surface area contributed by atoms with Gasteiger partial charge in [0.2, 0.25) is 0 Å². The highest BCUT2D eigenvalue weighted by molar-refractivity contribution is 5.91. The number of nitrogens with one attached hydrogen (secondary N) is 3. The number of hydrogen-bond acceptors (Lipinski definition) is 3. The number of nitrogens with zero attached hydrogens (tertiary/aromatic N) is 1. The highest BCUT2D eigenvalue weighted by Crippen LogP contribution is 2.32. The molecule has 35 heavy (non-hydrogen) atoms. The maximum absolute atomic E-state index is 12.8. The molecule has 0 fully saturated rings. The topological polar surface area (TPSA) is 56.4 Å². The number of benzene rings is 3. The molecule has 0 spiro atoms. The summed E-state index contributed by atoms with van der Waals surface area (Å²) in [5.74, 6) is 0.669. The van der Waals surface area contributed by atoms with Gasteiger partial charge < -0.3 is 20.9 Å². The van der Waals surface area contributed by atoms with E-state index in [1.54, 1.807) is 0 Å². The smallest absolute Gasteiger partial charge is 0.319 e. The van der Waals surface area contributed by atoms with Gasteiger partial charge >= 0.3 is 6.03 Å². The minimum absolute atomic E-state index is 0.161.